The molecular weight excluding hydrogens is 168 g/mol. The first-order valence-corrected chi connectivity index (χ1v) is 3.97. The van der Waals surface area contributed by atoms with Gasteiger partial charge in [-0.25, -0.2) is 4.98 Å². The van der Waals surface area contributed by atoms with Crippen LogP contribution < -0.4 is 4.74 Å². The Kier molecular flexibility index (Phi) is 1.90. The molecule has 0 aliphatic rings. The summed E-state index contributed by atoms with van der Waals surface area (Å²) in [5.41, 5.74) is 1.42. The highest BCUT2D eigenvalue weighted by Crippen LogP contribution is 2.14. The van der Waals surface area contributed by atoms with Crippen molar-refractivity contribution in [1.29, 1.82) is 0 Å². The van der Waals surface area contributed by atoms with Gasteiger partial charge in [-0.3, -0.25) is 4.40 Å². The molecule has 0 aliphatic heterocycles. The SMILES string of the molecule is COc1cccc2nc(CO)cn12. The normalized spacial score (nSPS) is 10.6. The number of aliphatic hydroxyl groups excluding tert-OH is 1. The van der Waals surface area contributed by atoms with Gasteiger partial charge in [0.25, 0.3) is 0 Å². The van der Waals surface area contributed by atoms with Gasteiger partial charge >= 0.3 is 0 Å². The zero-order chi connectivity index (χ0) is 9.26. The number of hydrogen-bond acceptors (Lipinski definition) is 3. The quantitative estimate of drug-likeness (QED) is 0.741. The molecule has 0 saturated heterocycles. The fourth-order valence-electron chi connectivity index (χ4n) is 1.28. The van der Waals surface area contributed by atoms with Crippen molar-refractivity contribution in [3.8, 4) is 5.88 Å². The number of rotatable bonds is 2. The van der Waals surface area contributed by atoms with Gasteiger partial charge in [0.2, 0.25) is 0 Å². The van der Waals surface area contributed by atoms with Crippen LogP contribution in [0.3, 0.4) is 0 Å². The summed E-state index contributed by atoms with van der Waals surface area (Å²) in [4.78, 5) is 4.17. The lowest BCUT2D eigenvalue weighted by molar-refractivity contribution is 0.277. The maximum absolute atomic E-state index is 8.89. The molecule has 0 fully saturated rings. The van der Waals surface area contributed by atoms with E-state index in [4.69, 9.17) is 9.84 Å². The highest BCUT2D eigenvalue weighted by molar-refractivity contribution is 5.43. The highest BCUT2D eigenvalue weighted by atomic mass is 16.5. The minimum atomic E-state index is -0.0508. The van der Waals surface area contributed by atoms with Crippen LogP contribution in [0.4, 0.5) is 0 Å². The van der Waals surface area contributed by atoms with Crippen molar-refractivity contribution in [2.75, 3.05) is 7.11 Å². The molecule has 4 nitrogen and oxygen atoms in total. The van der Waals surface area contributed by atoms with Crippen molar-refractivity contribution < 1.29 is 9.84 Å². The summed E-state index contributed by atoms with van der Waals surface area (Å²) in [5.74, 6) is 0.713. The summed E-state index contributed by atoms with van der Waals surface area (Å²) < 4.78 is 6.92. The number of imidazole rings is 1. The molecule has 0 aliphatic carbocycles. The minimum Gasteiger partial charge on any atom is -0.482 e. The van der Waals surface area contributed by atoms with Gasteiger partial charge in [0.15, 0.2) is 5.88 Å². The Labute approximate surface area is 75.4 Å². The number of methoxy groups -OCH3 is 1. The second-order valence-corrected chi connectivity index (χ2v) is 2.69. The second-order valence-electron chi connectivity index (χ2n) is 2.69. The van der Waals surface area contributed by atoms with Crippen molar-refractivity contribution in [3.63, 3.8) is 0 Å². The Morgan fingerprint density at radius 2 is 2.38 bits per heavy atom. The molecule has 1 N–H and O–H groups in total. The molecule has 0 atom stereocenters. The van der Waals surface area contributed by atoms with Crippen LogP contribution in [0, 0.1) is 0 Å². The van der Waals surface area contributed by atoms with Crippen LogP contribution in [0.1, 0.15) is 5.69 Å². The lowest BCUT2D eigenvalue weighted by Gasteiger charge is -2.01. The van der Waals surface area contributed by atoms with Gasteiger partial charge in [0, 0.05) is 6.20 Å². The van der Waals surface area contributed by atoms with E-state index < -0.39 is 0 Å². The standard InChI is InChI=1S/C9H10N2O2/c1-13-9-4-2-3-8-10-7(6-12)5-11(8)9/h2-5,12H,6H2,1H3. The van der Waals surface area contributed by atoms with E-state index in [1.54, 1.807) is 17.7 Å². The first-order valence-electron chi connectivity index (χ1n) is 3.97. The smallest absolute Gasteiger partial charge is 0.198 e. The van der Waals surface area contributed by atoms with Gasteiger partial charge in [0.05, 0.1) is 19.4 Å². The molecular formula is C9H10N2O2. The molecule has 2 rings (SSSR count). The van der Waals surface area contributed by atoms with Crippen LogP contribution >= 0.6 is 0 Å². The molecule has 0 amide bonds. The Bertz CT molecular complexity index is 422. The zero-order valence-corrected chi connectivity index (χ0v) is 7.27. The monoisotopic (exact) mass is 178 g/mol. The van der Waals surface area contributed by atoms with Gasteiger partial charge in [-0.15, -0.1) is 0 Å². The number of fused-ring (bicyclic) bond motifs is 1. The maximum Gasteiger partial charge on any atom is 0.198 e. The van der Waals surface area contributed by atoms with Crippen LogP contribution in [0.25, 0.3) is 5.65 Å². The number of nitrogens with zero attached hydrogens (tertiary/aromatic N) is 2. The van der Waals surface area contributed by atoms with Crippen LogP contribution in [-0.2, 0) is 6.61 Å². The van der Waals surface area contributed by atoms with Gasteiger partial charge in [-0.1, -0.05) is 6.07 Å². The predicted octanol–water partition coefficient (Wildman–Crippen LogP) is 0.835. The number of aromatic nitrogens is 2. The molecule has 2 aromatic rings. The minimum absolute atomic E-state index is 0.0508. The Hall–Kier alpha value is -1.55. The molecule has 2 aromatic heterocycles. The summed E-state index contributed by atoms with van der Waals surface area (Å²) in [6.45, 7) is -0.0508. The molecule has 0 saturated carbocycles. The van der Waals surface area contributed by atoms with Gasteiger partial charge < -0.3 is 9.84 Å². The number of hydrogen-bond donors (Lipinski definition) is 1. The predicted molar refractivity (Wildman–Crippen MR) is 47.7 cm³/mol. The number of aliphatic hydroxyl groups is 1. The van der Waals surface area contributed by atoms with Crippen molar-refractivity contribution in [2.24, 2.45) is 0 Å². The Morgan fingerprint density at radius 3 is 3.08 bits per heavy atom. The second kappa shape index (κ2) is 3.06. The zero-order valence-electron chi connectivity index (χ0n) is 7.27. The molecule has 0 aromatic carbocycles. The molecule has 0 bridgehead atoms. The van der Waals surface area contributed by atoms with Crippen molar-refractivity contribution in [1.82, 2.24) is 9.38 Å². The molecule has 4 heteroatoms. The summed E-state index contributed by atoms with van der Waals surface area (Å²) in [5, 5.41) is 8.89. The lowest BCUT2D eigenvalue weighted by atomic mass is 10.4. The van der Waals surface area contributed by atoms with E-state index in [0.717, 1.165) is 5.65 Å². The largest absolute Gasteiger partial charge is 0.482 e. The molecule has 68 valence electrons. The van der Waals surface area contributed by atoms with Crippen molar-refractivity contribution in [3.05, 3.63) is 30.1 Å². The average Bonchev–Trinajstić information content (AvgIpc) is 2.59. The summed E-state index contributed by atoms with van der Waals surface area (Å²) in [7, 11) is 1.60. The maximum atomic E-state index is 8.89. The first-order chi connectivity index (χ1) is 6.35. The molecule has 0 radical (unpaired) electrons. The highest BCUT2D eigenvalue weighted by Gasteiger charge is 2.03. The van der Waals surface area contributed by atoms with Crippen molar-refractivity contribution in [2.45, 2.75) is 6.61 Å². The molecule has 0 unspecified atom stereocenters. The fourth-order valence-corrected chi connectivity index (χ4v) is 1.28. The van der Waals surface area contributed by atoms with Crippen molar-refractivity contribution >= 4 is 5.65 Å². The summed E-state index contributed by atoms with van der Waals surface area (Å²) in [6.07, 6.45) is 1.76. The van der Waals surface area contributed by atoms with Crippen LogP contribution in [0.2, 0.25) is 0 Å². The number of ether oxygens (including phenoxy) is 1. The van der Waals surface area contributed by atoms with E-state index in [-0.39, 0.29) is 6.61 Å². The van der Waals surface area contributed by atoms with Crippen LogP contribution in [0.15, 0.2) is 24.4 Å². The third kappa shape index (κ3) is 1.25. The van der Waals surface area contributed by atoms with Gasteiger partial charge in [-0.2, -0.15) is 0 Å². The van der Waals surface area contributed by atoms with E-state index >= 15 is 0 Å². The van der Waals surface area contributed by atoms with E-state index in [0.29, 0.717) is 11.6 Å². The lowest BCUT2D eigenvalue weighted by Crippen LogP contribution is -1.91. The van der Waals surface area contributed by atoms with E-state index in [9.17, 15) is 0 Å². The topological polar surface area (TPSA) is 46.8 Å². The van der Waals surface area contributed by atoms with Crippen LogP contribution in [-0.4, -0.2) is 21.6 Å². The third-order valence-corrected chi connectivity index (χ3v) is 1.88. The third-order valence-electron chi connectivity index (χ3n) is 1.88. The molecule has 0 spiro atoms. The molecule has 13 heavy (non-hydrogen) atoms. The molecule has 2 heterocycles. The van der Waals surface area contributed by atoms with E-state index in [2.05, 4.69) is 4.98 Å². The Morgan fingerprint density at radius 1 is 1.54 bits per heavy atom. The van der Waals surface area contributed by atoms with Gasteiger partial charge in [0.1, 0.15) is 5.65 Å². The van der Waals surface area contributed by atoms with E-state index in [1.165, 1.54) is 0 Å². The summed E-state index contributed by atoms with van der Waals surface area (Å²) in [6, 6.07) is 5.57. The Balaban J connectivity index is 2.67. The number of pyridine rings is 1. The fraction of sp³-hybridized carbons (Fsp3) is 0.222. The first kappa shape index (κ1) is 8.07. The van der Waals surface area contributed by atoms with E-state index in [1.807, 2.05) is 18.2 Å². The van der Waals surface area contributed by atoms with Gasteiger partial charge in [-0.05, 0) is 12.1 Å². The van der Waals surface area contributed by atoms with Crippen LogP contribution in [0.5, 0.6) is 5.88 Å². The average molecular weight is 178 g/mol. The summed E-state index contributed by atoms with van der Waals surface area (Å²) >= 11 is 0.